The van der Waals surface area contributed by atoms with Crippen LogP contribution in [0.25, 0.3) is 10.1 Å². The summed E-state index contributed by atoms with van der Waals surface area (Å²) in [6.07, 6.45) is -4.29. The van der Waals surface area contributed by atoms with Crippen LogP contribution in [0.4, 0.5) is 18.2 Å². The van der Waals surface area contributed by atoms with Gasteiger partial charge in [-0.2, -0.15) is 13.2 Å². The molecule has 1 aromatic heterocycles. The van der Waals surface area contributed by atoms with Crippen molar-refractivity contribution in [2.75, 3.05) is 19.0 Å². The van der Waals surface area contributed by atoms with Crippen molar-refractivity contribution in [1.82, 2.24) is 0 Å². The Bertz CT molecular complexity index is 513. The van der Waals surface area contributed by atoms with Gasteiger partial charge >= 0.3 is 6.18 Å². The topological polar surface area (TPSA) is 3.24 Å². The molecule has 1 aromatic carbocycles. The van der Waals surface area contributed by atoms with E-state index < -0.39 is 11.7 Å². The van der Waals surface area contributed by atoms with E-state index in [1.165, 1.54) is 17.4 Å². The Morgan fingerprint density at radius 2 is 1.88 bits per heavy atom. The summed E-state index contributed by atoms with van der Waals surface area (Å²) < 4.78 is 38.8. The zero-order valence-corrected chi connectivity index (χ0v) is 9.62. The van der Waals surface area contributed by atoms with E-state index in [9.17, 15) is 13.2 Å². The van der Waals surface area contributed by atoms with Crippen LogP contribution in [0.1, 0.15) is 5.56 Å². The van der Waals surface area contributed by atoms with Crippen LogP contribution in [0.3, 0.4) is 0 Å². The number of hydrogen-bond donors (Lipinski definition) is 0. The van der Waals surface area contributed by atoms with E-state index in [0.717, 1.165) is 11.1 Å². The summed E-state index contributed by atoms with van der Waals surface area (Å²) in [6, 6.07) is 5.86. The molecule has 1 nitrogen and oxygen atoms in total. The molecule has 0 saturated heterocycles. The van der Waals surface area contributed by atoms with Gasteiger partial charge in [0.05, 0.1) is 10.6 Å². The highest BCUT2D eigenvalue weighted by Crippen LogP contribution is 2.40. The van der Waals surface area contributed by atoms with Gasteiger partial charge in [-0.25, -0.2) is 0 Å². The van der Waals surface area contributed by atoms with E-state index in [1.54, 1.807) is 12.1 Å². The Labute approximate surface area is 95.1 Å². The van der Waals surface area contributed by atoms with Gasteiger partial charge in [0.15, 0.2) is 0 Å². The first kappa shape index (κ1) is 11.3. The zero-order chi connectivity index (χ0) is 11.9. The quantitative estimate of drug-likeness (QED) is 0.734. The fourth-order valence-electron chi connectivity index (χ4n) is 1.52. The first-order chi connectivity index (χ1) is 7.39. The minimum Gasteiger partial charge on any atom is -0.370 e. The Kier molecular flexibility index (Phi) is 2.58. The summed E-state index contributed by atoms with van der Waals surface area (Å²) in [7, 11) is 3.63. The maximum atomic E-state index is 12.7. The first-order valence-corrected chi connectivity index (χ1v) is 5.48. The van der Waals surface area contributed by atoms with Crippen molar-refractivity contribution in [3.8, 4) is 0 Å². The maximum Gasteiger partial charge on any atom is 0.417 e. The molecule has 5 heteroatoms. The zero-order valence-electron chi connectivity index (χ0n) is 8.80. The summed E-state index contributed by atoms with van der Waals surface area (Å²) in [5.41, 5.74) is -0.561. The van der Waals surface area contributed by atoms with Gasteiger partial charge in [-0.15, -0.1) is 11.3 Å². The summed E-state index contributed by atoms with van der Waals surface area (Å²) in [4.78, 5) is 1.81. The highest BCUT2D eigenvalue weighted by Gasteiger charge is 2.32. The van der Waals surface area contributed by atoms with Gasteiger partial charge in [-0.05, 0) is 18.2 Å². The van der Waals surface area contributed by atoms with Crippen molar-refractivity contribution in [3.05, 3.63) is 29.8 Å². The van der Waals surface area contributed by atoms with E-state index in [-0.39, 0.29) is 5.39 Å². The molecule has 0 aliphatic carbocycles. The van der Waals surface area contributed by atoms with Crippen molar-refractivity contribution in [2.24, 2.45) is 0 Å². The fourth-order valence-corrected chi connectivity index (χ4v) is 2.53. The Morgan fingerprint density at radius 3 is 2.44 bits per heavy atom. The van der Waals surface area contributed by atoms with Crippen molar-refractivity contribution in [1.29, 1.82) is 0 Å². The third kappa shape index (κ3) is 1.87. The van der Waals surface area contributed by atoms with Crippen molar-refractivity contribution < 1.29 is 13.2 Å². The predicted molar refractivity (Wildman–Crippen MR) is 61.2 cm³/mol. The van der Waals surface area contributed by atoms with Gasteiger partial charge in [-0.3, -0.25) is 0 Å². The molecule has 0 aliphatic rings. The van der Waals surface area contributed by atoms with Crippen LogP contribution in [-0.2, 0) is 6.18 Å². The molecule has 0 radical (unpaired) electrons. The Balaban J connectivity index is 2.68. The summed E-state index contributed by atoms with van der Waals surface area (Å²) in [6.45, 7) is 0. The number of alkyl halides is 3. The number of thiophene rings is 1. The van der Waals surface area contributed by atoms with E-state index in [1.807, 2.05) is 19.0 Å². The fraction of sp³-hybridized carbons (Fsp3) is 0.273. The third-order valence-electron chi connectivity index (χ3n) is 2.29. The molecule has 0 bridgehead atoms. The van der Waals surface area contributed by atoms with Crippen LogP contribution in [0.15, 0.2) is 24.3 Å². The monoisotopic (exact) mass is 245 g/mol. The van der Waals surface area contributed by atoms with Crippen LogP contribution in [0, 0.1) is 0 Å². The lowest BCUT2D eigenvalue weighted by molar-refractivity contribution is -0.136. The second kappa shape index (κ2) is 3.66. The largest absolute Gasteiger partial charge is 0.417 e. The molecule has 0 fully saturated rings. The summed E-state index contributed by atoms with van der Waals surface area (Å²) in [5.74, 6) is 0. The second-order valence-corrected chi connectivity index (χ2v) is 4.76. The smallest absolute Gasteiger partial charge is 0.370 e. The number of halogens is 3. The molecule has 0 spiro atoms. The van der Waals surface area contributed by atoms with Gasteiger partial charge in [0.25, 0.3) is 0 Å². The molecular formula is C11H10F3NS. The van der Waals surface area contributed by atoms with E-state index in [4.69, 9.17) is 0 Å². The van der Waals surface area contributed by atoms with Gasteiger partial charge < -0.3 is 4.90 Å². The van der Waals surface area contributed by atoms with Crippen LogP contribution in [0.2, 0.25) is 0 Å². The van der Waals surface area contributed by atoms with Crippen molar-refractivity contribution in [3.63, 3.8) is 0 Å². The molecule has 0 saturated carbocycles. The molecule has 2 aromatic rings. The average Bonchev–Trinajstić information content (AvgIpc) is 2.58. The van der Waals surface area contributed by atoms with Gasteiger partial charge in [-0.1, -0.05) is 6.07 Å². The van der Waals surface area contributed by atoms with Gasteiger partial charge in [0.2, 0.25) is 0 Å². The van der Waals surface area contributed by atoms with Gasteiger partial charge in [0.1, 0.15) is 0 Å². The highest BCUT2D eigenvalue weighted by molar-refractivity contribution is 7.22. The number of benzene rings is 1. The molecule has 0 amide bonds. The standard InChI is InChI=1S/C11H10F3NS/c1-15(2)10-6-7-8(11(12,13)14)4-3-5-9(7)16-10/h3-6H,1-2H3. The second-order valence-electron chi connectivity index (χ2n) is 3.69. The Hall–Kier alpha value is -1.23. The van der Waals surface area contributed by atoms with Crippen molar-refractivity contribution in [2.45, 2.75) is 6.18 Å². The van der Waals surface area contributed by atoms with Crippen LogP contribution in [0.5, 0.6) is 0 Å². The SMILES string of the molecule is CN(C)c1cc2c(C(F)(F)F)cccc2s1. The van der Waals surface area contributed by atoms with E-state index in [2.05, 4.69) is 0 Å². The number of anilines is 1. The molecule has 16 heavy (non-hydrogen) atoms. The predicted octanol–water partition coefficient (Wildman–Crippen LogP) is 3.99. The summed E-state index contributed by atoms with van der Waals surface area (Å²) in [5, 5.41) is 1.11. The van der Waals surface area contributed by atoms with Crippen molar-refractivity contribution >= 4 is 26.4 Å². The minimum absolute atomic E-state index is 0.281. The van der Waals surface area contributed by atoms with Crippen LogP contribution in [-0.4, -0.2) is 14.1 Å². The van der Waals surface area contributed by atoms with E-state index in [0.29, 0.717) is 4.70 Å². The van der Waals surface area contributed by atoms with Gasteiger partial charge in [0, 0.05) is 24.2 Å². The molecule has 0 N–H and O–H groups in total. The number of fused-ring (bicyclic) bond motifs is 1. The van der Waals surface area contributed by atoms with E-state index >= 15 is 0 Å². The van der Waals surface area contributed by atoms with Crippen LogP contribution < -0.4 is 4.90 Å². The average molecular weight is 245 g/mol. The molecule has 86 valence electrons. The molecule has 2 rings (SSSR count). The lowest BCUT2D eigenvalue weighted by Gasteiger charge is -2.08. The molecule has 1 heterocycles. The minimum atomic E-state index is -4.29. The Morgan fingerprint density at radius 1 is 1.19 bits per heavy atom. The lowest BCUT2D eigenvalue weighted by Crippen LogP contribution is -2.06. The lowest BCUT2D eigenvalue weighted by atomic mass is 10.1. The summed E-state index contributed by atoms with van der Waals surface area (Å²) >= 11 is 1.36. The number of rotatable bonds is 1. The molecule has 0 unspecified atom stereocenters. The molecular weight excluding hydrogens is 235 g/mol. The molecule has 0 aliphatic heterocycles. The molecule has 0 atom stereocenters. The maximum absolute atomic E-state index is 12.7. The number of nitrogens with zero attached hydrogens (tertiary/aromatic N) is 1. The number of hydrogen-bond acceptors (Lipinski definition) is 2. The normalized spacial score (nSPS) is 12.1. The first-order valence-electron chi connectivity index (χ1n) is 4.66. The third-order valence-corrected chi connectivity index (χ3v) is 3.56. The highest BCUT2D eigenvalue weighted by atomic mass is 32.1. The van der Waals surface area contributed by atoms with Crippen LogP contribution >= 0.6 is 11.3 Å².